The number of pyridine rings is 1. The summed E-state index contributed by atoms with van der Waals surface area (Å²) in [6.07, 6.45) is 7.32. The second kappa shape index (κ2) is 10.9. The second-order valence-corrected chi connectivity index (χ2v) is 10.4. The van der Waals surface area contributed by atoms with Gasteiger partial charge in [0.1, 0.15) is 11.4 Å². The summed E-state index contributed by atoms with van der Waals surface area (Å²) < 4.78 is 20.6. The highest BCUT2D eigenvalue weighted by molar-refractivity contribution is 6.00. The monoisotopic (exact) mass is 497 g/mol. The van der Waals surface area contributed by atoms with Gasteiger partial charge in [-0.25, -0.2) is 4.98 Å². The van der Waals surface area contributed by atoms with Crippen molar-refractivity contribution >= 4 is 16.8 Å². The number of ether oxygens (including phenoxy) is 1. The molecule has 0 bridgehead atoms. The molecule has 0 fully saturated rings. The summed E-state index contributed by atoms with van der Waals surface area (Å²) in [5, 5.41) is 0. The normalized spacial score (nSPS) is 14.6. The minimum Gasteiger partial charge on any atom is -0.497 e. The number of aromatic nitrogens is 2. The molecule has 1 aliphatic rings. The average Bonchev–Trinajstić information content (AvgIpc) is 3.19. The largest absolute Gasteiger partial charge is 0.497 e. The molecule has 4 aromatic rings. The molecular weight excluding hydrogens is 461 g/mol. The topological polar surface area (TPSA) is 29.8 Å². The molecule has 0 saturated heterocycles. The van der Waals surface area contributed by atoms with Gasteiger partial charge in [0.25, 0.3) is 0 Å². The fourth-order valence-electron chi connectivity index (χ4n) is 5.59. The van der Waals surface area contributed by atoms with E-state index in [-0.39, 0.29) is 12.6 Å². The predicted molar refractivity (Wildman–Crippen MR) is 150 cm³/mol. The van der Waals surface area contributed by atoms with Crippen molar-refractivity contribution in [3.63, 3.8) is 0 Å². The van der Waals surface area contributed by atoms with Crippen molar-refractivity contribution in [3.05, 3.63) is 101 Å². The molecule has 4 nitrogen and oxygen atoms in total. The van der Waals surface area contributed by atoms with Crippen LogP contribution >= 0.6 is 0 Å². The molecule has 1 atom stereocenters. The van der Waals surface area contributed by atoms with E-state index in [1.165, 1.54) is 39.0 Å². The number of alkyl halides is 1. The number of rotatable bonds is 8. The molecule has 5 heteroatoms. The minimum absolute atomic E-state index is 0.0226. The van der Waals surface area contributed by atoms with Crippen molar-refractivity contribution in [2.45, 2.75) is 39.7 Å². The Morgan fingerprint density at radius 2 is 1.92 bits per heavy atom. The Balaban J connectivity index is 1.62. The maximum absolute atomic E-state index is 13.0. The summed E-state index contributed by atoms with van der Waals surface area (Å²) in [5.41, 5.74) is 11.0. The smallest absolute Gasteiger partial charge is 0.137 e. The van der Waals surface area contributed by atoms with Gasteiger partial charge in [0.05, 0.1) is 19.5 Å². The molecule has 0 radical (unpaired) electrons. The van der Waals surface area contributed by atoms with Crippen LogP contribution in [-0.2, 0) is 13.0 Å². The van der Waals surface area contributed by atoms with Crippen molar-refractivity contribution < 1.29 is 9.13 Å². The van der Waals surface area contributed by atoms with Crippen LogP contribution in [0.2, 0.25) is 0 Å². The van der Waals surface area contributed by atoms with E-state index in [4.69, 9.17) is 9.72 Å². The quantitative estimate of drug-likeness (QED) is 0.263. The van der Waals surface area contributed by atoms with Crippen LogP contribution in [-0.4, -0.2) is 41.7 Å². The summed E-state index contributed by atoms with van der Waals surface area (Å²) >= 11 is 0. The molecule has 192 valence electrons. The number of aryl methyl sites for hydroxylation is 2. The average molecular weight is 498 g/mol. The molecule has 0 aliphatic heterocycles. The maximum atomic E-state index is 13.0. The van der Waals surface area contributed by atoms with Crippen molar-refractivity contribution in [1.29, 1.82) is 0 Å². The third-order valence-corrected chi connectivity index (χ3v) is 7.34. The fraction of sp³-hybridized carbons (Fsp3) is 0.344. The third kappa shape index (κ3) is 5.33. The Morgan fingerprint density at radius 3 is 2.70 bits per heavy atom. The number of nitrogens with zero attached hydrogens (tertiary/aromatic N) is 3. The first-order valence-corrected chi connectivity index (χ1v) is 13.2. The SMILES string of the molecule is COc1ccc2c(c1)CCCC(c1ccccc1C)=C2c1ccn2cc(CN(C)CC(C)CF)nc2c1. The lowest BCUT2D eigenvalue weighted by Crippen LogP contribution is -2.25. The summed E-state index contributed by atoms with van der Waals surface area (Å²) in [6.45, 7) is 5.24. The summed E-state index contributed by atoms with van der Waals surface area (Å²) in [7, 11) is 3.75. The fourth-order valence-corrected chi connectivity index (χ4v) is 5.59. The van der Waals surface area contributed by atoms with Gasteiger partial charge in [0, 0.05) is 25.5 Å². The summed E-state index contributed by atoms with van der Waals surface area (Å²) in [5.74, 6) is 0.923. The molecule has 1 aliphatic carbocycles. The lowest BCUT2D eigenvalue weighted by atomic mass is 9.87. The standard InChI is InChI=1S/C32H36FN3O/c1-22(18-33)19-35(3)20-26-21-36-15-14-25(17-31(36)34-26)32-29-13-12-27(37-4)16-24(29)9-7-11-30(32)28-10-6-5-8-23(28)2/h5-6,8,10,12-17,21-22H,7,9,11,18-20H2,1-4H3. The number of hydrogen-bond acceptors (Lipinski definition) is 3. The molecule has 2 heterocycles. The highest BCUT2D eigenvalue weighted by Crippen LogP contribution is 2.41. The number of benzene rings is 2. The molecule has 2 aromatic heterocycles. The lowest BCUT2D eigenvalue weighted by Gasteiger charge is -2.18. The number of fused-ring (bicyclic) bond motifs is 2. The number of allylic oxidation sites excluding steroid dienone is 1. The predicted octanol–water partition coefficient (Wildman–Crippen LogP) is 6.98. The van der Waals surface area contributed by atoms with Crippen molar-refractivity contribution in [2.75, 3.05) is 27.4 Å². The number of imidazole rings is 1. The van der Waals surface area contributed by atoms with E-state index in [0.717, 1.165) is 36.4 Å². The van der Waals surface area contributed by atoms with E-state index in [1.807, 2.05) is 14.0 Å². The lowest BCUT2D eigenvalue weighted by molar-refractivity contribution is 0.245. The van der Waals surface area contributed by atoms with Gasteiger partial charge in [-0.05, 0) is 102 Å². The van der Waals surface area contributed by atoms with Gasteiger partial charge in [-0.15, -0.1) is 0 Å². The van der Waals surface area contributed by atoms with E-state index in [2.05, 4.69) is 83.2 Å². The van der Waals surface area contributed by atoms with Gasteiger partial charge in [-0.2, -0.15) is 0 Å². The highest BCUT2D eigenvalue weighted by atomic mass is 19.1. The minimum atomic E-state index is -0.301. The Bertz CT molecular complexity index is 1440. The molecule has 1 unspecified atom stereocenters. The second-order valence-electron chi connectivity index (χ2n) is 10.4. The Morgan fingerprint density at radius 1 is 1.08 bits per heavy atom. The van der Waals surface area contributed by atoms with E-state index >= 15 is 0 Å². The maximum Gasteiger partial charge on any atom is 0.137 e. The molecule has 0 spiro atoms. The van der Waals surface area contributed by atoms with Crippen LogP contribution < -0.4 is 4.74 Å². The van der Waals surface area contributed by atoms with Crippen LogP contribution in [0.25, 0.3) is 16.8 Å². The highest BCUT2D eigenvalue weighted by Gasteiger charge is 2.22. The van der Waals surface area contributed by atoms with Gasteiger partial charge in [0.15, 0.2) is 0 Å². The third-order valence-electron chi connectivity index (χ3n) is 7.34. The zero-order valence-electron chi connectivity index (χ0n) is 22.3. The summed E-state index contributed by atoms with van der Waals surface area (Å²) in [4.78, 5) is 7.09. The zero-order valence-corrected chi connectivity index (χ0v) is 22.3. The van der Waals surface area contributed by atoms with Crippen molar-refractivity contribution in [3.8, 4) is 5.75 Å². The van der Waals surface area contributed by atoms with Crippen LogP contribution in [0, 0.1) is 12.8 Å². The van der Waals surface area contributed by atoms with E-state index in [1.54, 1.807) is 7.11 Å². The summed E-state index contributed by atoms with van der Waals surface area (Å²) in [6, 6.07) is 19.6. The molecular formula is C32H36FN3O. The molecule has 0 amide bonds. The van der Waals surface area contributed by atoms with Gasteiger partial charge in [-0.3, -0.25) is 4.39 Å². The Labute approximate surface area is 219 Å². The number of methoxy groups -OCH3 is 1. The molecule has 37 heavy (non-hydrogen) atoms. The van der Waals surface area contributed by atoms with Crippen LogP contribution in [0.15, 0.2) is 67.0 Å². The van der Waals surface area contributed by atoms with Crippen molar-refractivity contribution in [1.82, 2.24) is 14.3 Å². The first-order chi connectivity index (χ1) is 18.0. The number of hydrogen-bond donors (Lipinski definition) is 0. The first-order valence-electron chi connectivity index (χ1n) is 13.2. The Kier molecular flexibility index (Phi) is 7.43. The number of halogens is 1. The van der Waals surface area contributed by atoms with Crippen LogP contribution in [0.4, 0.5) is 4.39 Å². The molecule has 0 N–H and O–H groups in total. The van der Waals surface area contributed by atoms with Crippen molar-refractivity contribution in [2.24, 2.45) is 5.92 Å². The van der Waals surface area contributed by atoms with Gasteiger partial charge in [-0.1, -0.05) is 37.3 Å². The first kappa shape index (κ1) is 25.2. The zero-order chi connectivity index (χ0) is 25.9. The Hall–Kier alpha value is -3.44. The van der Waals surface area contributed by atoms with Crippen LogP contribution in [0.5, 0.6) is 5.75 Å². The molecule has 2 aromatic carbocycles. The van der Waals surface area contributed by atoms with Crippen LogP contribution in [0.3, 0.4) is 0 Å². The van der Waals surface area contributed by atoms with Gasteiger partial charge < -0.3 is 14.0 Å². The molecule has 5 rings (SSSR count). The van der Waals surface area contributed by atoms with E-state index in [0.29, 0.717) is 13.1 Å². The van der Waals surface area contributed by atoms with E-state index < -0.39 is 0 Å². The van der Waals surface area contributed by atoms with Crippen LogP contribution in [0.1, 0.15) is 53.3 Å². The van der Waals surface area contributed by atoms with E-state index in [9.17, 15) is 4.39 Å². The van der Waals surface area contributed by atoms with Gasteiger partial charge >= 0.3 is 0 Å². The van der Waals surface area contributed by atoms with Gasteiger partial charge in [0.2, 0.25) is 0 Å². The molecule has 0 saturated carbocycles.